The minimum atomic E-state index is 0.254. The van der Waals surface area contributed by atoms with Crippen molar-refractivity contribution in [2.75, 3.05) is 13.2 Å². The van der Waals surface area contributed by atoms with E-state index in [1.54, 1.807) is 12.1 Å². The predicted octanol–water partition coefficient (Wildman–Crippen LogP) is 4.15. The van der Waals surface area contributed by atoms with E-state index in [-0.39, 0.29) is 5.41 Å². The molecular weight excluding hydrogens is 280 g/mol. The highest BCUT2D eigenvalue weighted by atomic mass is 35.5. The molecule has 0 aromatic heterocycles. The fourth-order valence-electron chi connectivity index (χ4n) is 1.80. The van der Waals surface area contributed by atoms with Crippen LogP contribution in [-0.2, 0) is 0 Å². The smallest absolute Gasteiger partial charge is 0.139 e. The molecular formula is C12H14Cl3NO. The van der Waals surface area contributed by atoms with E-state index in [9.17, 15) is 0 Å². The summed E-state index contributed by atoms with van der Waals surface area (Å²) >= 11 is 17.8. The van der Waals surface area contributed by atoms with Crippen molar-refractivity contribution in [3.8, 4) is 5.75 Å². The van der Waals surface area contributed by atoms with Crippen molar-refractivity contribution in [2.24, 2.45) is 11.1 Å². The fraction of sp³-hybridized carbons (Fsp3) is 0.500. The summed E-state index contributed by atoms with van der Waals surface area (Å²) in [6.45, 7) is 1.33. The summed E-state index contributed by atoms with van der Waals surface area (Å²) in [6.07, 6.45) is 3.33. The lowest BCUT2D eigenvalue weighted by Gasteiger charge is -2.16. The summed E-state index contributed by atoms with van der Waals surface area (Å²) in [5, 5.41) is 1.38. The Morgan fingerprint density at radius 1 is 1.12 bits per heavy atom. The number of benzene rings is 1. The first kappa shape index (κ1) is 13.3. The molecule has 1 saturated carbocycles. The number of rotatable bonds is 5. The number of ether oxygens (including phenoxy) is 1. The Balaban J connectivity index is 2.02. The summed E-state index contributed by atoms with van der Waals surface area (Å²) in [4.78, 5) is 0. The molecule has 0 amide bonds. The van der Waals surface area contributed by atoms with E-state index in [0.717, 1.165) is 6.42 Å². The Bertz CT molecular complexity index is 418. The second kappa shape index (κ2) is 5.23. The highest BCUT2D eigenvalue weighted by molar-refractivity contribution is 6.43. The van der Waals surface area contributed by atoms with Gasteiger partial charge in [-0.25, -0.2) is 0 Å². The van der Waals surface area contributed by atoms with Gasteiger partial charge in [0.2, 0.25) is 0 Å². The quantitative estimate of drug-likeness (QED) is 0.828. The van der Waals surface area contributed by atoms with Crippen molar-refractivity contribution < 1.29 is 4.74 Å². The lowest BCUT2D eigenvalue weighted by molar-refractivity contribution is 0.227. The molecule has 0 spiro atoms. The number of halogens is 3. The van der Waals surface area contributed by atoms with Gasteiger partial charge < -0.3 is 10.5 Å². The Morgan fingerprint density at radius 3 is 2.35 bits per heavy atom. The van der Waals surface area contributed by atoms with Crippen LogP contribution in [0.25, 0.3) is 0 Å². The van der Waals surface area contributed by atoms with E-state index < -0.39 is 0 Å². The van der Waals surface area contributed by atoms with Gasteiger partial charge in [0.1, 0.15) is 5.75 Å². The molecule has 0 radical (unpaired) electrons. The minimum Gasteiger partial charge on any atom is -0.491 e. The molecule has 1 fully saturated rings. The average Bonchev–Trinajstić information content (AvgIpc) is 3.03. The van der Waals surface area contributed by atoms with Crippen molar-refractivity contribution in [1.29, 1.82) is 0 Å². The van der Waals surface area contributed by atoms with Crippen LogP contribution in [0.3, 0.4) is 0 Å². The van der Waals surface area contributed by atoms with Gasteiger partial charge in [-0.3, -0.25) is 0 Å². The molecule has 2 rings (SSSR count). The summed E-state index contributed by atoms with van der Waals surface area (Å²) in [5.74, 6) is 0.587. The molecule has 1 aromatic carbocycles. The van der Waals surface area contributed by atoms with Gasteiger partial charge in [0, 0.05) is 11.5 Å². The summed E-state index contributed by atoms with van der Waals surface area (Å²) in [5.41, 5.74) is 5.83. The average molecular weight is 295 g/mol. The van der Waals surface area contributed by atoms with E-state index >= 15 is 0 Å². The first-order valence-electron chi connectivity index (χ1n) is 5.54. The lowest BCUT2D eigenvalue weighted by atomic mass is 10.0. The van der Waals surface area contributed by atoms with E-state index in [4.69, 9.17) is 45.3 Å². The van der Waals surface area contributed by atoms with Gasteiger partial charge in [0.25, 0.3) is 0 Å². The second-order valence-electron chi connectivity index (χ2n) is 4.52. The maximum Gasteiger partial charge on any atom is 0.139 e. The molecule has 94 valence electrons. The fourth-order valence-corrected chi connectivity index (χ4v) is 2.39. The third kappa shape index (κ3) is 3.19. The van der Waals surface area contributed by atoms with Crippen LogP contribution in [0.4, 0.5) is 0 Å². The zero-order valence-corrected chi connectivity index (χ0v) is 11.6. The largest absolute Gasteiger partial charge is 0.491 e. The highest BCUT2D eigenvalue weighted by Crippen LogP contribution is 2.49. The summed E-state index contributed by atoms with van der Waals surface area (Å²) in [6, 6.07) is 3.26. The maximum absolute atomic E-state index is 6.04. The van der Waals surface area contributed by atoms with Crippen molar-refractivity contribution in [3.05, 3.63) is 27.2 Å². The summed E-state index contributed by atoms with van der Waals surface area (Å²) in [7, 11) is 0. The van der Waals surface area contributed by atoms with E-state index in [2.05, 4.69) is 0 Å². The van der Waals surface area contributed by atoms with Crippen molar-refractivity contribution in [1.82, 2.24) is 0 Å². The van der Waals surface area contributed by atoms with Crippen LogP contribution in [-0.4, -0.2) is 13.2 Å². The molecule has 1 aliphatic rings. The third-order valence-corrected chi connectivity index (χ3v) is 4.16. The van der Waals surface area contributed by atoms with E-state index in [0.29, 0.717) is 34.0 Å². The Labute approximate surface area is 116 Å². The molecule has 17 heavy (non-hydrogen) atoms. The molecule has 0 unspecified atom stereocenters. The van der Waals surface area contributed by atoms with Crippen LogP contribution in [0.1, 0.15) is 19.3 Å². The molecule has 0 aliphatic heterocycles. The van der Waals surface area contributed by atoms with Gasteiger partial charge >= 0.3 is 0 Å². The molecule has 5 heteroatoms. The number of hydrogen-bond donors (Lipinski definition) is 1. The van der Waals surface area contributed by atoms with Gasteiger partial charge in [-0.1, -0.05) is 34.8 Å². The zero-order valence-electron chi connectivity index (χ0n) is 9.31. The van der Waals surface area contributed by atoms with Crippen LogP contribution in [0.5, 0.6) is 5.75 Å². The van der Waals surface area contributed by atoms with Crippen LogP contribution in [0.15, 0.2) is 12.1 Å². The first-order valence-corrected chi connectivity index (χ1v) is 6.67. The van der Waals surface area contributed by atoms with Crippen molar-refractivity contribution in [3.63, 3.8) is 0 Å². The van der Waals surface area contributed by atoms with Gasteiger partial charge in [0.15, 0.2) is 0 Å². The monoisotopic (exact) mass is 293 g/mol. The zero-order chi connectivity index (χ0) is 12.5. The predicted molar refractivity (Wildman–Crippen MR) is 72.3 cm³/mol. The van der Waals surface area contributed by atoms with E-state index in [1.807, 2.05) is 0 Å². The molecule has 0 heterocycles. The SMILES string of the molecule is NCCC1(COc2cc(Cl)c(Cl)cc2Cl)CC1. The molecule has 0 bridgehead atoms. The molecule has 2 N–H and O–H groups in total. The minimum absolute atomic E-state index is 0.254. The van der Waals surface area contributed by atoms with Gasteiger partial charge in [-0.2, -0.15) is 0 Å². The van der Waals surface area contributed by atoms with Crippen LogP contribution >= 0.6 is 34.8 Å². The molecule has 0 saturated heterocycles. The molecule has 2 nitrogen and oxygen atoms in total. The van der Waals surface area contributed by atoms with Gasteiger partial charge in [0.05, 0.1) is 21.7 Å². The molecule has 0 atom stereocenters. The molecule has 1 aliphatic carbocycles. The highest BCUT2D eigenvalue weighted by Gasteiger charge is 2.42. The Hall–Kier alpha value is -0.150. The second-order valence-corrected chi connectivity index (χ2v) is 5.75. The van der Waals surface area contributed by atoms with E-state index in [1.165, 1.54) is 12.8 Å². The van der Waals surface area contributed by atoms with Gasteiger partial charge in [-0.05, 0) is 31.9 Å². The lowest BCUT2D eigenvalue weighted by Crippen LogP contribution is -2.17. The normalized spacial score (nSPS) is 16.9. The number of nitrogens with two attached hydrogens (primary N) is 1. The topological polar surface area (TPSA) is 35.2 Å². The summed E-state index contributed by atoms with van der Waals surface area (Å²) < 4.78 is 5.72. The van der Waals surface area contributed by atoms with Crippen molar-refractivity contribution in [2.45, 2.75) is 19.3 Å². The number of hydrogen-bond acceptors (Lipinski definition) is 2. The first-order chi connectivity index (χ1) is 8.06. The maximum atomic E-state index is 6.04. The van der Waals surface area contributed by atoms with Crippen LogP contribution in [0, 0.1) is 5.41 Å². The molecule has 1 aromatic rings. The van der Waals surface area contributed by atoms with Crippen molar-refractivity contribution >= 4 is 34.8 Å². The van der Waals surface area contributed by atoms with Crippen LogP contribution < -0.4 is 10.5 Å². The van der Waals surface area contributed by atoms with Gasteiger partial charge in [-0.15, -0.1) is 0 Å². The third-order valence-electron chi connectivity index (χ3n) is 3.14. The Morgan fingerprint density at radius 2 is 1.76 bits per heavy atom. The Kier molecular flexibility index (Phi) is 4.09. The van der Waals surface area contributed by atoms with Crippen LogP contribution in [0.2, 0.25) is 15.1 Å². The standard InChI is InChI=1S/C12H14Cl3NO/c13-8-5-10(15)11(6-9(8)14)17-7-12(1-2-12)3-4-16/h5-6H,1-4,7,16H2.